The molecule has 1 amide bonds. The first-order valence-electron chi connectivity index (χ1n) is 6.02. The summed E-state index contributed by atoms with van der Waals surface area (Å²) in [4.78, 5) is 26.3. The highest BCUT2D eigenvalue weighted by molar-refractivity contribution is 5.92. The number of amides is 1. The molecule has 3 N–H and O–H groups in total. The number of anilines is 2. The molecule has 19 heavy (non-hydrogen) atoms. The molecule has 0 aromatic heterocycles. The van der Waals surface area contributed by atoms with Gasteiger partial charge in [0.25, 0.3) is 0 Å². The largest absolute Gasteiger partial charge is 0.478 e. The Hall–Kier alpha value is -2.24. The predicted octanol–water partition coefficient (Wildman–Crippen LogP) is 0.634. The van der Waals surface area contributed by atoms with Gasteiger partial charge in [-0.2, -0.15) is 0 Å². The minimum Gasteiger partial charge on any atom is -0.478 e. The van der Waals surface area contributed by atoms with E-state index >= 15 is 0 Å². The van der Waals surface area contributed by atoms with E-state index in [-0.39, 0.29) is 17.5 Å². The fraction of sp³-hybridized carbons (Fsp3) is 0.385. The summed E-state index contributed by atoms with van der Waals surface area (Å²) in [7, 11) is 3.57. The van der Waals surface area contributed by atoms with Crippen LogP contribution >= 0.6 is 0 Å². The van der Waals surface area contributed by atoms with Crippen molar-refractivity contribution in [1.29, 1.82) is 0 Å². The van der Waals surface area contributed by atoms with Crippen LogP contribution in [-0.4, -0.2) is 48.6 Å². The zero-order valence-electron chi connectivity index (χ0n) is 11.0. The van der Waals surface area contributed by atoms with Crippen molar-refractivity contribution >= 4 is 23.3 Å². The minimum absolute atomic E-state index is 0.0595. The van der Waals surface area contributed by atoms with Crippen molar-refractivity contribution in [1.82, 2.24) is 4.90 Å². The van der Waals surface area contributed by atoms with Gasteiger partial charge in [0.15, 0.2) is 0 Å². The van der Waals surface area contributed by atoms with Crippen LogP contribution in [0.5, 0.6) is 0 Å². The van der Waals surface area contributed by atoms with Crippen LogP contribution in [0, 0.1) is 0 Å². The topological polar surface area (TPSA) is 86.9 Å². The van der Waals surface area contributed by atoms with Gasteiger partial charge in [-0.05, 0) is 24.6 Å². The maximum Gasteiger partial charge on any atom is 0.335 e. The second kappa shape index (κ2) is 4.79. The minimum atomic E-state index is -1.02. The molecule has 0 bridgehead atoms. The van der Waals surface area contributed by atoms with Gasteiger partial charge in [-0.3, -0.25) is 4.79 Å². The van der Waals surface area contributed by atoms with Crippen molar-refractivity contribution in [2.75, 3.05) is 31.3 Å². The summed E-state index contributed by atoms with van der Waals surface area (Å²) >= 11 is 0. The van der Waals surface area contributed by atoms with Crippen LogP contribution in [0.3, 0.4) is 0 Å². The fourth-order valence-electron chi connectivity index (χ4n) is 2.34. The summed E-state index contributed by atoms with van der Waals surface area (Å²) in [6.07, 6.45) is 0.742. The van der Waals surface area contributed by atoms with E-state index in [1.165, 1.54) is 12.1 Å². The van der Waals surface area contributed by atoms with Gasteiger partial charge in [0.1, 0.15) is 6.04 Å². The molecule has 6 nitrogen and oxygen atoms in total. The quantitative estimate of drug-likeness (QED) is 0.781. The SMILES string of the molecule is CN1CCC(N(C)c2ccc(C(=O)O)cc2N)C1=O. The lowest BCUT2D eigenvalue weighted by atomic mass is 10.1. The molecule has 102 valence electrons. The number of hydrogen-bond donors (Lipinski definition) is 2. The molecule has 1 heterocycles. The number of likely N-dealkylation sites (N-methyl/N-ethyl adjacent to an activating group) is 2. The number of carboxylic acid groups (broad SMARTS) is 1. The number of aromatic carboxylic acids is 1. The summed E-state index contributed by atoms with van der Waals surface area (Å²) < 4.78 is 0. The Morgan fingerprint density at radius 3 is 2.68 bits per heavy atom. The van der Waals surface area contributed by atoms with Crippen molar-refractivity contribution in [2.45, 2.75) is 12.5 Å². The van der Waals surface area contributed by atoms with Crippen LogP contribution in [0.4, 0.5) is 11.4 Å². The summed E-state index contributed by atoms with van der Waals surface area (Å²) in [6.45, 7) is 0.723. The molecule has 1 unspecified atom stereocenters. The number of carbonyl (C=O) groups excluding carboxylic acids is 1. The number of carbonyl (C=O) groups is 2. The standard InChI is InChI=1S/C13H17N3O3/c1-15-6-5-11(12(15)17)16(2)10-4-3-8(13(18)19)7-9(10)14/h3-4,7,11H,5-6,14H2,1-2H3,(H,18,19). The predicted molar refractivity (Wildman–Crippen MR) is 72.3 cm³/mol. The molecule has 1 fully saturated rings. The smallest absolute Gasteiger partial charge is 0.335 e. The van der Waals surface area contributed by atoms with Crippen molar-refractivity contribution in [2.24, 2.45) is 0 Å². The number of nitrogens with two attached hydrogens (primary N) is 1. The zero-order chi connectivity index (χ0) is 14.2. The van der Waals surface area contributed by atoms with Crippen LogP contribution in [-0.2, 0) is 4.79 Å². The van der Waals surface area contributed by atoms with Gasteiger partial charge in [-0.1, -0.05) is 0 Å². The van der Waals surface area contributed by atoms with E-state index in [2.05, 4.69) is 0 Å². The third-order valence-electron chi connectivity index (χ3n) is 3.52. The Bertz CT molecular complexity index is 530. The molecule has 0 aliphatic carbocycles. The molecule has 1 aromatic rings. The second-order valence-electron chi connectivity index (χ2n) is 4.75. The number of likely N-dealkylation sites (tertiary alicyclic amines) is 1. The first-order valence-corrected chi connectivity index (χ1v) is 6.02. The lowest BCUT2D eigenvalue weighted by molar-refractivity contribution is -0.127. The van der Waals surface area contributed by atoms with Crippen molar-refractivity contribution in [3.8, 4) is 0 Å². The lowest BCUT2D eigenvalue weighted by Crippen LogP contribution is -2.38. The Kier molecular flexibility index (Phi) is 3.33. The highest BCUT2D eigenvalue weighted by atomic mass is 16.4. The summed E-state index contributed by atoms with van der Waals surface area (Å²) in [5.74, 6) is -0.957. The molecular formula is C13H17N3O3. The molecule has 1 atom stereocenters. The van der Waals surface area contributed by atoms with E-state index in [0.29, 0.717) is 11.4 Å². The molecule has 1 aromatic carbocycles. The maximum absolute atomic E-state index is 12.0. The normalized spacial score (nSPS) is 18.7. The highest BCUT2D eigenvalue weighted by Crippen LogP contribution is 2.28. The van der Waals surface area contributed by atoms with Gasteiger partial charge >= 0.3 is 5.97 Å². The molecule has 1 aliphatic heterocycles. The Balaban J connectivity index is 2.27. The van der Waals surface area contributed by atoms with E-state index in [1.807, 2.05) is 4.90 Å². The summed E-state index contributed by atoms with van der Waals surface area (Å²) in [5, 5.41) is 8.90. The molecule has 0 spiro atoms. The lowest BCUT2D eigenvalue weighted by Gasteiger charge is -2.26. The van der Waals surface area contributed by atoms with E-state index in [9.17, 15) is 9.59 Å². The van der Waals surface area contributed by atoms with Crippen molar-refractivity contribution in [3.63, 3.8) is 0 Å². The van der Waals surface area contributed by atoms with Gasteiger partial charge < -0.3 is 20.6 Å². The molecule has 1 aliphatic rings. The van der Waals surface area contributed by atoms with Gasteiger partial charge in [0, 0.05) is 20.6 Å². The third-order valence-corrected chi connectivity index (χ3v) is 3.52. The number of hydrogen-bond acceptors (Lipinski definition) is 4. The van der Waals surface area contributed by atoms with Gasteiger partial charge in [-0.25, -0.2) is 4.79 Å². The molecule has 0 radical (unpaired) electrons. The average molecular weight is 263 g/mol. The van der Waals surface area contributed by atoms with Gasteiger partial charge in [0.05, 0.1) is 16.9 Å². The van der Waals surface area contributed by atoms with E-state index < -0.39 is 5.97 Å². The Morgan fingerprint density at radius 1 is 1.53 bits per heavy atom. The zero-order valence-corrected chi connectivity index (χ0v) is 11.0. The number of nitrogen functional groups attached to an aromatic ring is 1. The summed E-state index contributed by atoms with van der Waals surface area (Å²) in [5.41, 5.74) is 7.07. The number of nitrogens with zero attached hydrogens (tertiary/aromatic N) is 2. The van der Waals surface area contributed by atoms with Crippen LogP contribution < -0.4 is 10.6 Å². The third kappa shape index (κ3) is 2.33. The van der Waals surface area contributed by atoms with Crippen LogP contribution in [0.25, 0.3) is 0 Å². The first kappa shape index (κ1) is 13.2. The van der Waals surface area contributed by atoms with E-state index in [4.69, 9.17) is 10.8 Å². The monoisotopic (exact) mass is 263 g/mol. The van der Waals surface area contributed by atoms with Gasteiger partial charge in [-0.15, -0.1) is 0 Å². The van der Waals surface area contributed by atoms with E-state index in [0.717, 1.165) is 13.0 Å². The van der Waals surface area contributed by atoms with E-state index in [1.54, 1.807) is 25.1 Å². The molecule has 0 saturated carbocycles. The fourth-order valence-corrected chi connectivity index (χ4v) is 2.34. The average Bonchev–Trinajstić information content (AvgIpc) is 2.69. The van der Waals surface area contributed by atoms with Gasteiger partial charge in [0.2, 0.25) is 5.91 Å². The summed E-state index contributed by atoms with van der Waals surface area (Å²) in [6, 6.07) is 4.32. The Morgan fingerprint density at radius 2 is 2.21 bits per heavy atom. The number of benzene rings is 1. The highest BCUT2D eigenvalue weighted by Gasteiger charge is 2.33. The van der Waals surface area contributed by atoms with Crippen LogP contribution in [0.1, 0.15) is 16.8 Å². The number of rotatable bonds is 3. The van der Waals surface area contributed by atoms with Crippen LogP contribution in [0.2, 0.25) is 0 Å². The van der Waals surface area contributed by atoms with Crippen LogP contribution in [0.15, 0.2) is 18.2 Å². The molecular weight excluding hydrogens is 246 g/mol. The molecule has 6 heteroatoms. The van der Waals surface area contributed by atoms with Crippen molar-refractivity contribution in [3.05, 3.63) is 23.8 Å². The molecule has 1 saturated heterocycles. The Labute approximate surface area is 111 Å². The number of carboxylic acids is 1. The van der Waals surface area contributed by atoms with Crippen molar-refractivity contribution < 1.29 is 14.7 Å². The maximum atomic E-state index is 12.0. The second-order valence-corrected chi connectivity index (χ2v) is 4.75. The molecule has 2 rings (SSSR count). The first-order chi connectivity index (χ1) is 8.91.